The molecule has 2 rings (SSSR count). The van der Waals surface area contributed by atoms with Crippen LogP contribution in [0.2, 0.25) is 0 Å². The minimum Gasteiger partial charge on any atom is -0.478 e. The largest absolute Gasteiger partial charge is 0.478 e. The molecule has 0 aromatic heterocycles. The van der Waals surface area contributed by atoms with Crippen LogP contribution in [-0.2, 0) is 28.6 Å². The lowest BCUT2D eigenvalue weighted by Crippen LogP contribution is -2.41. The van der Waals surface area contributed by atoms with Gasteiger partial charge in [-0.2, -0.15) is 0 Å². The molecule has 0 unspecified atom stereocenters. The molecular formula is C33H50N2O10. The Balaban J connectivity index is 1.93. The Kier molecular flexibility index (Phi) is 13.2. The number of rotatable bonds is 12. The monoisotopic (exact) mass is 634 g/mol. The number of piperidine rings is 1. The molecule has 45 heavy (non-hydrogen) atoms. The molecule has 252 valence electrons. The molecule has 1 aromatic rings. The molecule has 12 nitrogen and oxygen atoms in total. The molecule has 0 bridgehead atoms. The van der Waals surface area contributed by atoms with Crippen molar-refractivity contribution in [1.29, 1.82) is 0 Å². The maximum absolute atomic E-state index is 12.9. The summed E-state index contributed by atoms with van der Waals surface area (Å²) in [7, 11) is 0. The topological polar surface area (TPSA) is 147 Å². The Bertz CT molecular complexity index is 1200. The fraction of sp³-hybridized carbons (Fsp3) is 0.667. The number of carbonyl (C=O) groups is 5. The van der Waals surface area contributed by atoms with Gasteiger partial charge in [0.1, 0.15) is 16.8 Å². The maximum atomic E-state index is 12.9. The van der Waals surface area contributed by atoms with Gasteiger partial charge in [-0.05, 0) is 106 Å². The second kappa shape index (κ2) is 15.9. The number of nitrogens with zero attached hydrogens (tertiary/aromatic N) is 1. The van der Waals surface area contributed by atoms with Crippen LogP contribution in [0.1, 0.15) is 98.4 Å². The molecule has 12 heteroatoms. The summed E-state index contributed by atoms with van der Waals surface area (Å²) in [5, 5.41) is 2.66. The highest BCUT2D eigenvalue weighted by Crippen LogP contribution is 2.29. The molecule has 0 radical (unpaired) electrons. The Morgan fingerprint density at radius 3 is 1.78 bits per heavy atom. The lowest BCUT2D eigenvalue weighted by Gasteiger charge is -2.33. The van der Waals surface area contributed by atoms with Crippen molar-refractivity contribution in [2.24, 2.45) is 5.92 Å². The Labute approximate surface area is 266 Å². The Morgan fingerprint density at radius 2 is 1.27 bits per heavy atom. The second-order valence-electron chi connectivity index (χ2n) is 14.1. The summed E-state index contributed by atoms with van der Waals surface area (Å²) in [6.07, 6.45) is 2.14. The van der Waals surface area contributed by atoms with Gasteiger partial charge in [-0.3, -0.25) is 9.59 Å². The van der Waals surface area contributed by atoms with Crippen molar-refractivity contribution in [2.75, 3.05) is 32.8 Å². The first kappa shape index (κ1) is 37.4. The van der Waals surface area contributed by atoms with Crippen molar-refractivity contribution in [1.82, 2.24) is 10.2 Å². The zero-order chi connectivity index (χ0) is 34.0. The van der Waals surface area contributed by atoms with Gasteiger partial charge >= 0.3 is 18.0 Å². The molecule has 1 N–H and O–H groups in total. The first-order valence-electron chi connectivity index (χ1n) is 15.3. The van der Waals surface area contributed by atoms with Crippen LogP contribution >= 0.6 is 0 Å². The van der Waals surface area contributed by atoms with Gasteiger partial charge in [-0.25, -0.2) is 14.4 Å². The number of esters is 2. The third-order valence-corrected chi connectivity index (χ3v) is 6.29. The van der Waals surface area contributed by atoms with Crippen LogP contribution in [0.15, 0.2) is 18.2 Å². The summed E-state index contributed by atoms with van der Waals surface area (Å²) in [4.78, 5) is 63.8. The van der Waals surface area contributed by atoms with Gasteiger partial charge in [-0.1, -0.05) is 0 Å². The zero-order valence-corrected chi connectivity index (χ0v) is 28.2. The second-order valence-corrected chi connectivity index (χ2v) is 14.1. The molecule has 1 aromatic carbocycles. The van der Waals surface area contributed by atoms with E-state index >= 15 is 0 Å². The maximum Gasteiger partial charge on any atom is 0.410 e. The van der Waals surface area contributed by atoms with Crippen molar-refractivity contribution in [3.05, 3.63) is 23.8 Å². The van der Waals surface area contributed by atoms with Crippen LogP contribution in [0, 0.1) is 5.92 Å². The highest BCUT2D eigenvalue weighted by Gasteiger charge is 2.27. The van der Waals surface area contributed by atoms with E-state index in [1.165, 1.54) is 18.2 Å². The van der Waals surface area contributed by atoms with E-state index in [-0.39, 0.29) is 47.8 Å². The van der Waals surface area contributed by atoms with Crippen molar-refractivity contribution < 1.29 is 47.7 Å². The first-order valence-corrected chi connectivity index (χ1v) is 15.3. The number of hydrogen-bond acceptors (Lipinski definition) is 10. The van der Waals surface area contributed by atoms with E-state index in [4.69, 9.17) is 23.7 Å². The number of Topliss-reactive ketones (excluding diaryl/α,β-unsaturated/α-hetero) is 1. The fourth-order valence-electron chi connectivity index (χ4n) is 4.36. The van der Waals surface area contributed by atoms with Crippen LogP contribution < -0.4 is 14.8 Å². The molecule has 0 atom stereocenters. The summed E-state index contributed by atoms with van der Waals surface area (Å²) in [6, 6.07) is 4.33. The smallest absolute Gasteiger partial charge is 0.410 e. The molecule has 1 fully saturated rings. The van der Waals surface area contributed by atoms with Gasteiger partial charge in [0.05, 0.1) is 6.54 Å². The molecule has 1 aliphatic rings. The third-order valence-electron chi connectivity index (χ3n) is 6.29. The summed E-state index contributed by atoms with van der Waals surface area (Å²) in [5.74, 6) is -1.38. The minimum absolute atomic E-state index is 0.0549. The average Bonchev–Trinajstić information content (AvgIpc) is 2.90. The molecule has 1 heterocycles. The molecule has 0 saturated carbocycles. The van der Waals surface area contributed by atoms with E-state index in [1.54, 1.807) is 46.4 Å². The fourth-order valence-corrected chi connectivity index (χ4v) is 4.36. The van der Waals surface area contributed by atoms with Crippen molar-refractivity contribution in [3.63, 3.8) is 0 Å². The number of amides is 2. The highest BCUT2D eigenvalue weighted by molar-refractivity contribution is 5.99. The molecule has 1 saturated heterocycles. The normalized spacial score (nSPS) is 14.3. The van der Waals surface area contributed by atoms with Gasteiger partial charge in [0.2, 0.25) is 5.91 Å². The minimum atomic E-state index is -0.718. The summed E-state index contributed by atoms with van der Waals surface area (Å²) < 4.78 is 27.2. The number of hydrogen-bond donors (Lipinski definition) is 1. The van der Waals surface area contributed by atoms with E-state index < -0.39 is 42.0 Å². The average molecular weight is 635 g/mol. The molecule has 1 aliphatic heterocycles. The van der Waals surface area contributed by atoms with Crippen molar-refractivity contribution >= 4 is 29.7 Å². The lowest BCUT2D eigenvalue weighted by atomic mass is 9.92. The Morgan fingerprint density at radius 1 is 0.756 bits per heavy atom. The van der Waals surface area contributed by atoms with E-state index in [0.29, 0.717) is 25.4 Å². The number of ketones is 1. The van der Waals surface area contributed by atoms with Gasteiger partial charge in [0.25, 0.3) is 0 Å². The van der Waals surface area contributed by atoms with E-state index in [0.717, 1.165) is 12.8 Å². The SMILES string of the molecule is CC(C)(C)OC(=O)COc1ccc(C(=O)CNC(=O)CCC2CCN(C(=O)OC(C)(C)C)CC2)cc1OCC(=O)OC(C)(C)C. The molecule has 2 amide bonds. The standard InChI is InChI=1S/C33H50N2O10/c1-31(2,3)43-28(38)20-41-25-12-11-23(18-26(25)42-21-29(39)44-32(4,5)6)24(36)19-34-27(37)13-10-22-14-16-35(17-15-22)30(40)45-33(7,8)9/h11-12,18,22H,10,13-17,19-21H2,1-9H3,(H,34,37). The van der Waals surface area contributed by atoms with Crippen LogP contribution in [0.5, 0.6) is 11.5 Å². The predicted molar refractivity (Wildman–Crippen MR) is 166 cm³/mol. The van der Waals surface area contributed by atoms with E-state index in [1.807, 2.05) is 20.8 Å². The molecular weight excluding hydrogens is 584 g/mol. The number of ether oxygens (including phenoxy) is 5. The number of carbonyl (C=O) groups excluding carboxylic acids is 5. The quantitative estimate of drug-likeness (QED) is 0.192. The predicted octanol–water partition coefficient (Wildman–Crippen LogP) is 4.85. The van der Waals surface area contributed by atoms with Crippen molar-refractivity contribution in [3.8, 4) is 11.5 Å². The summed E-state index contributed by atoms with van der Waals surface area (Å²) >= 11 is 0. The van der Waals surface area contributed by atoms with Gasteiger partial charge in [0.15, 0.2) is 30.5 Å². The van der Waals surface area contributed by atoms with Gasteiger partial charge in [0, 0.05) is 25.1 Å². The van der Waals surface area contributed by atoms with Crippen molar-refractivity contribution in [2.45, 2.75) is 105 Å². The van der Waals surface area contributed by atoms with Crippen LogP contribution in [0.4, 0.5) is 4.79 Å². The molecule has 0 aliphatic carbocycles. The van der Waals surface area contributed by atoms with E-state index in [9.17, 15) is 24.0 Å². The number of benzene rings is 1. The van der Waals surface area contributed by atoms with Crippen LogP contribution in [0.25, 0.3) is 0 Å². The van der Waals surface area contributed by atoms with E-state index in [2.05, 4.69) is 5.32 Å². The lowest BCUT2D eigenvalue weighted by molar-refractivity contribution is -0.158. The Hall–Kier alpha value is -3.83. The third kappa shape index (κ3) is 15.1. The van der Waals surface area contributed by atoms with Crippen LogP contribution in [0.3, 0.4) is 0 Å². The number of nitrogens with one attached hydrogen (secondary N) is 1. The number of likely N-dealkylation sites (tertiary alicyclic amines) is 1. The highest BCUT2D eigenvalue weighted by atomic mass is 16.6. The summed E-state index contributed by atoms with van der Waals surface area (Å²) in [5.41, 5.74) is -1.75. The van der Waals surface area contributed by atoms with Gasteiger partial charge in [-0.15, -0.1) is 0 Å². The first-order chi connectivity index (χ1) is 20.7. The molecule has 0 spiro atoms. The van der Waals surface area contributed by atoms with Crippen LogP contribution in [-0.4, -0.2) is 84.3 Å². The van der Waals surface area contributed by atoms with Gasteiger partial charge < -0.3 is 33.9 Å². The zero-order valence-electron chi connectivity index (χ0n) is 28.2. The summed E-state index contributed by atoms with van der Waals surface area (Å²) in [6.45, 7) is 15.9.